The fraction of sp³-hybridized carbons (Fsp3) is 0.385. The largest absolute Gasteiger partial charge is 0.352 e. The number of hydrogen-bond acceptors (Lipinski definition) is 4. The Bertz CT molecular complexity index is 1340. The second kappa shape index (κ2) is 9.91. The molecule has 0 atom stereocenters. The molecule has 0 radical (unpaired) electrons. The number of sulfonamides is 1. The molecule has 186 valence electrons. The predicted molar refractivity (Wildman–Crippen MR) is 132 cm³/mol. The van der Waals surface area contributed by atoms with E-state index in [0.717, 1.165) is 16.7 Å². The highest BCUT2D eigenvalue weighted by Gasteiger charge is 2.33. The summed E-state index contributed by atoms with van der Waals surface area (Å²) in [7, 11) is -3.62. The number of nitrogens with zero attached hydrogens (tertiary/aromatic N) is 3. The second-order valence-electron chi connectivity index (χ2n) is 9.25. The smallest absolute Gasteiger partial charge is 0.243 e. The summed E-state index contributed by atoms with van der Waals surface area (Å²) in [6, 6.07) is 8.62. The number of imidazole rings is 1. The van der Waals surface area contributed by atoms with Crippen molar-refractivity contribution in [2.45, 2.75) is 52.0 Å². The Labute approximate surface area is 206 Å². The molecule has 3 aromatic rings. The van der Waals surface area contributed by atoms with Gasteiger partial charge in [0.05, 0.1) is 10.6 Å². The molecule has 1 fully saturated rings. The Balaban J connectivity index is 1.35. The SMILES string of the molecule is Cc1cc(C)c(S(=O)(=O)N2CCC(C(=O)NCc3ccc(-n4ccnc4C)c(F)c3)CC2)c(C)c1. The molecule has 0 aliphatic carbocycles. The summed E-state index contributed by atoms with van der Waals surface area (Å²) in [5.41, 5.74) is 3.57. The van der Waals surface area contributed by atoms with Crippen LogP contribution >= 0.6 is 0 Å². The van der Waals surface area contributed by atoms with Crippen molar-refractivity contribution in [1.29, 1.82) is 0 Å². The summed E-state index contributed by atoms with van der Waals surface area (Å²) in [6.45, 7) is 8.18. The van der Waals surface area contributed by atoms with E-state index in [2.05, 4.69) is 10.3 Å². The van der Waals surface area contributed by atoms with Crippen LogP contribution in [0.5, 0.6) is 0 Å². The van der Waals surface area contributed by atoms with Gasteiger partial charge in [0.25, 0.3) is 0 Å². The summed E-state index contributed by atoms with van der Waals surface area (Å²) in [5, 5.41) is 2.88. The average Bonchev–Trinajstić information content (AvgIpc) is 3.22. The van der Waals surface area contributed by atoms with E-state index in [-0.39, 0.29) is 18.4 Å². The first-order valence-corrected chi connectivity index (χ1v) is 13.2. The Morgan fingerprint density at radius 3 is 2.31 bits per heavy atom. The van der Waals surface area contributed by atoms with Crippen LogP contribution in [0.25, 0.3) is 5.69 Å². The minimum atomic E-state index is -3.62. The van der Waals surface area contributed by atoms with E-state index in [0.29, 0.717) is 47.9 Å². The Hall–Kier alpha value is -3.04. The highest BCUT2D eigenvalue weighted by molar-refractivity contribution is 7.89. The zero-order valence-corrected chi connectivity index (χ0v) is 21.3. The van der Waals surface area contributed by atoms with Gasteiger partial charge in [-0.05, 0) is 69.4 Å². The van der Waals surface area contributed by atoms with Crippen molar-refractivity contribution in [3.8, 4) is 5.69 Å². The van der Waals surface area contributed by atoms with Gasteiger partial charge in [0.2, 0.25) is 15.9 Å². The lowest BCUT2D eigenvalue weighted by atomic mass is 9.97. The molecule has 0 unspecified atom stereocenters. The molecule has 1 N–H and O–H groups in total. The first-order valence-electron chi connectivity index (χ1n) is 11.7. The molecule has 2 heterocycles. The Morgan fingerprint density at radius 2 is 1.74 bits per heavy atom. The molecule has 7 nitrogen and oxygen atoms in total. The first-order chi connectivity index (χ1) is 16.6. The van der Waals surface area contributed by atoms with Crippen LogP contribution in [0, 0.1) is 39.4 Å². The molecule has 1 aliphatic rings. The van der Waals surface area contributed by atoms with Gasteiger partial charge in [-0.3, -0.25) is 4.79 Å². The molecule has 1 amide bonds. The number of rotatable bonds is 6. The number of benzene rings is 2. The van der Waals surface area contributed by atoms with E-state index in [9.17, 15) is 17.6 Å². The molecule has 0 spiro atoms. The number of carbonyl (C=O) groups excluding carboxylic acids is 1. The third-order valence-electron chi connectivity index (χ3n) is 6.59. The Morgan fingerprint density at radius 1 is 1.09 bits per heavy atom. The van der Waals surface area contributed by atoms with Crippen LogP contribution in [-0.4, -0.2) is 41.3 Å². The minimum Gasteiger partial charge on any atom is -0.352 e. The van der Waals surface area contributed by atoms with E-state index in [1.165, 1.54) is 10.4 Å². The number of nitrogens with one attached hydrogen (secondary N) is 1. The van der Waals surface area contributed by atoms with Crippen LogP contribution in [0.15, 0.2) is 47.6 Å². The highest BCUT2D eigenvalue weighted by Crippen LogP contribution is 2.29. The third kappa shape index (κ3) is 5.16. The van der Waals surface area contributed by atoms with Gasteiger partial charge in [-0.25, -0.2) is 17.8 Å². The molecule has 0 bridgehead atoms. The number of halogens is 1. The van der Waals surface area contributed by atoms with E-state index >= 15 is 0 Å². The van der Waals surface area contributed by atoms with Crippen molar-refractivity contribution < 1.29 is 17.6 Å². The van der Waals surface area contributed by atoms with Gasteiger partial charge in [-0.15, -0.1) is 0 Å². The van der Waals surface area contributed by atoms with Gasteiger partial charge in [0, 0.05) is 37.9 Å². The maximum Gasteiger partial charge on any atom is 0.243 e. The molecular formula is C26H31FN4O3S. The molecule has 4 rings (SSSR count). The Kier molecular flexibility index (Phi) is 7.10. The summed E-state index contributed by atoms with van der Waals surface area (Å²) in [5.74, 6) is -0.122. The fourth-order valence-corrected chi connectivity index (χ4v) is 6.76. The monoisotopic (exact) mass is 498 g/mol. The van der Waals surface area contributed by atoms with Crippen LogP contribution in [-0.2, 0) is 21.4 Å². The lowest BCUT2D eigenvalue weighted by molar-refractivity contribution is -0.126. The molecule has 0 saturated carbocycles. The van der Waals surface area contributed by atoms with Crippen molar-refractivity contribution in [3.05, 3.63) is 76.6 Å². The molecule has 35 heavy (non-hydrogen) atoms. The fourth-order valence-electron chi connectivity index (χ4n) is 4.88. The zero-order chi connectivity index (χ0) is 25.3. The zero-order valence-electron chi connectivity index (χ0n) is 20.5. The summed E-state index contributed by atoms with van der Waals surface area (Å²) < 4.78 is 44.3. The van der Waals surface area contributed by atoms with Gasteiger partial charge in [0.1, 0.15) is 11.6 Å². The highest BCUT2D eigenvalue weighted by atomic mass is 32.2. The van der Waals surface area contributed by atoms with Gasteiger partial charge in [-0.2, -0.15) is 4.31 Å². The number of piperidine rings is 1. The van der Waals surface area contributed by atoms with Crippen LogP contribution in [0.4, 0.5) is 4.39 Å². The number of amides is 1. The standard InChI is InChI=1S/C26H31FN4O3S/c1-17-13-18(2)25(19(3)14-17)35(33,34)30-10-7-22(8-11-30)26(32)29-16-21-5-6-24(23(27)15-21)31-12-9-28-20(31)4/h5-6,9,12-15,22H,7-8,10-11,16H2,1-4H3,(H,29,32). The van der Waals surface area contributed by atoms with Gasteiger partial charge >= 0.3 is 0 Å². The number of aryl methyl sites for hydroxylation is 4. The van der Waals surface area contributed by atoms with E-state index in [1.54, 1.807) is 36.0 Å². The number of carbonyl (C=O) groups is 1. The molecule has 2 aromatic carbocycles. The van der Waals surface area contributed by atoms with Crippen molar-refractivity contribution in [1.82, 2.24) is 19.2 Å². The van der Waals surface area contributed by atoms with Gasteiger partial charge < -0.3 is 9.88 Å². The normalized spacial score (nSPS) is 15.3. The summed E-state index contributed by atoms with van der Waals surface area (Å²) >= 11 is 0. The molecule has 1 aliphatic heterocycles. The van der Waals surface area contributed by atoms with E-state index in [4.69, 9.17) is 0 Å². The van der Waals surface area contributed by atoms with Crippen LogP contribution < -0.4 is 5.32 Å². The predicted octanol–water partition coefficient (Wildman–Crippen LogP) is 3.96. The van der Waals surface area contributed by atoms with Crippen LogP contribution in [0.3, 0.4) is 0 Å². The molecule has 1 aromatic heterocycles. The maximum absolute atomic E-state index is 14.6. The van der Waals surface area contributed by atoms with Crippen molar-refractivity contribution >= 4 is 15.9 Å². The minimum absolute atomic E-state index is 0.139. The summed E-state index contributed by atoms with van der Waals surface area (Å²) in [6.07, 6.45) is 4.20. The van der Waals surface area contributed by atoms with Crippen LogP contribution in [0.2, 0.25) is 0 Å². The van der Waals surface area contributed by atoms with Crippen molar-refractivity contribution in [3.63, 3.8) is 0 Å². The van der Waals surface area contributed by atoms with E-state index in [1.807, 2.05) is 32.9 Å². The van der Waals surface area contributed by atoms with Gasteiger partial charge in [0.15, 0.2) is 0 Å². The van der Waals surface area contributed by atoms with Crippen molar-refractivity contribution in [2.75, 3.05) is 13.1 Å². The second-order valence-corrected chi connectivity index (χ2v) is 11.1. The number of aromatic nitrogens is 2. The quantitative estimate of drug-likeness (QED) is 0.558. The average molecular weight is 499 g/mol. The lowest BCUT2D eigenvalue weighted by Crippen LogP contribution is -2.43. The van der Waals surface area contributed by atoms with E-state index < -0.39 is 15.8 Å². The topological polar surface area (TPSA) is 84.3 Å². The third-order valence-corrected chi connectivity index (χ3v) is 8.80. The molecule has 1 saturated heterocycles. The molecule has 9 heteroatoms. The number of hydrogen-bond donors (Lipinski definition) is 1. The summed E-state index contributed by atoms with van der Waals surface area (Å²) in [4.78, 5) is 17.2. The maximum atomic E-state index is 14.6. The molecular weight excluding hydrogens is 467 g/mol. The van der Waals surface area contributed by atoms with Gasteiger partial charge in [-0.1, -0.05) is 23.8 Å². The van der Waals surface area contributed by atoms with Crippen LogP contribution in [0.1, 0.15) is 40.9 Å². The lowest BCUT2D eigenvalue weighted by Gasteiger charge is -2.31. The van der Waals surface area contributed by atoms with Crippen molar-refractivity contribution in [2.24, 2.45) is 5.92 Å². The first kappa shape index (κ1) is 25.1.